The van der Waals surface area contributed by atoms with E-state index in [1.165, 1.54) is 22.3 Å². The van der Waals surface area contributed by atoms with Gasteiger partial charge in [-0.05, 0) is 66.3 Å². The Labute approximate surface area is 152 Å². The number of amidine groups is 1. The second kappa shape index (κ2) is 8.82. The predicted octanol–water partition coefficient (Wildman–Crippen LogP) is 4.83. The number of aliphatic imine (C=N–C) groups is 1. The molecule has 134 valence electrons. The summed E-state index contributed by atoms with van der Waals surface area (Å²) in [7, 11) is 0. The number of rotatable bonds is 7. The van der Waals surface area contributed by atoms with Crippen LogP contribution in [-0.2, 0) is 13.0 Å². The summed E-state index contributed by atoms with van der Waals surface area (Å²) in [5.74, 6) is 1.06. The van der Waals surface area contributed by atoms with Crippen molar-refractivity contribution in [3.8, 4) is 0 Å². The minimum absolute atomic E-state index is 0.479. The average molecular weight is 338 g/mol. The lowest BCUT2D eigenvalue weighted by atomic mass is 9.91. The Morgan fingerprint density at radius 3 is 2.36 bits per heavy atom. The molecule has 0 atom stereocenters. The van der Waals surface area contributed by atoms with Crippen molar-refractivity contribution in [3.63, 3.8) is 0 Å². The fourth-order valence-electron chi connectivity index (χ4n) is 3.06. The molecule has 0 saturated carbocycles. The second-order valence-corrected chi connectivity index (χ2v) is 6.82. The van der Waals surface area contributed by atoms with Crippen molar-refractivity contribution in [2.45, 2.75) is 53.5 Å². The van der Waals surface area contributed by atoms with Gasteiger partial charge in [-0.15, -0.1) is 0 Å². The van der Waals surface area contributed by atoms with Crippen LogP contribution >= 0.6 is 0 Å². The molecule has 25 heavy (non-hydrogen) atoms. The Morgan fingerprint density at radius 2 is 1.80 bits per heavy atom. The summed E-state index contributed by atoms with van der Waals surface area (Å²) in [5, 5.41) is 3.33. The largest absolute Gasteiger partial charge is 0.383 e. The van der Waals surface area contributed by atoms with Gasteiger partial charge in [-0.3, -0.25) is 0 Å². The van der Waals surface area contributed by atoms with Gasteiger partial charge < -0.3 is 11.1 Å². The van der Waals surface area contributed by atoms with Gasteiger partial charge in [0.25, 0.3) is 0 Å². The zero-order chi connectivity index (χ0) is 18.4. The Hall–Kier alpha value is -2.13. The first kappa shape index (κ1) is 19.2. The average Bonchev–Trinajstić information content (AvgIpc) is 2.60. The van der Waals surface area contributed by atoms with Gasteiger partial charge >= 0.3 is 0 Å². The minimum Gasteiger partial charge on any atom is -0.383 e. The molecule has 3 nitrogen and oxygen atoms in total. The highest BCUT2D eigenvalue weighted by atomic mass is 14.9. The van der Waals surface area contributed by atoms with Crippen molar-refractivity contribution in [2.75, 3.05) is 6.54 Å². The molecule has 3 heteroatoms. The third-order valence-electron chi connectivity index (χ3n) is 4.53. The number of nitrogens with one attached hydrogen (secondary N) is 1. The van der Waals surface area contributed by atoms with E-state index in [9.17, 15) is 0 Å². The van der Waals surface area contributed by atoms with E-state index in [4.69, 9.17) is 5.73 Å². The third-order valence-corrected chi connectivity index (χ3v) is 4.53. The first-order valence-corrected chi connectivity index (χ1v) is 9.23. The van der Waals surface area contributed by atoms with Crippen LogP contribution in [0.3, 0.4) is 0 Å². The molecule has 0 aliphatic rings. The molecule has 0 aliphatic heterocycles. The smallest absolute Gasteiger partial charge is 0.131 e. The molecule has 0 bridgehead atoms. The summed E-state index contributed by atoms with van der Waals surface area (Å²) in [6.45, 7) is 12.7. The zero-order valence-electron chi connectivity index (χ0n) is 16.2. The van der Waals surface area contributed by atoms with Gasteiger partial charge in [0.2, 0.25) is 0 Å². The lowest BCUT2D eigenvalue weighted by molar-refractivity contribution is 0.727. The van der Waals surface area contributed by atoms with Gasteiger partial charge in [0, 0.05) is 12.1 Å². The molecule has 0 heterocycles. The van der Waals surface area contributed by atoms with Crippen molar-refractivity contribution in [2.24, 2.45) is 10.7 Å². The van der Waals surface area contributed by atoms with Gasteiger partial charge in [-0.25, -0.2) is 4.99 Å². The third kappa shape index (κ3) is 4.93. The van der Waals surface area contributed by atoms with Crippen molar-refractivity contribution in [1.29, 1.82) is 0 Å². The molecular weight excluding hydrogens is 306 g/mol. The van der Waals surface area contributed by atoms with E-state index in [2.05, 4.69) is 69.2 Å². The van der Waals surface area contributed by atoms with E-state index < -0.39 is 0 Å². The number of aryl methyl sites for hydroxylation is 2. The van der Waals surface area contributed by atoms with Crippen molar-refractivity contribution in [1.82, 2.24) is 5.32 Å². The van der Waals surface area contributed by atoms with E-state index in [0.717, 1.165) is 30.8 Å². The lowest BCUT2D eigenvalue weighted by Gasteiger charge is -2.16. The second-order valence-electron chi connectivity index (χ2n) is 6.82. The molecule has 2 aromatic carbocycles. The number of nitrogens with zero attached hydrogens (tertiary/aromatic N) is 1. The van der Waals surface area contributed by atoms with E-state index in [-0.39, 0.29) is 0 Å². The van der Waals surface area contributed by atoms with Gasteiger partial charge in [-0.2, -0.15) is 0 Å². The fourth-order valence-corrected chi connectivity index (χ4v) is 3.06. The van der Waals surface area contributed by atoms with Gasteiger partial charge in [-0.1, -0.05) is 45.9 Å². The van der Waals surface area contributed by atoms with Crippen LogP contribution in [0.15, 0.2) is 41.4 Å². The first-order chi connectivity index (χ1) is 12.0. The molecule has 0 radical (unpaired) electrons. The monoisotopic (exact) mass is 337 g/mol. The van der Waals surface area contributed by atoms with Crippen LogP contribution in [0.5, 0.6) is 0 Å². The maximum Gasteiger partial charge on any atom is 0.131 e. The molecule has 3 N–H and O–H groups in total. The number of benzene rings is 2. The molecule has 0 amide bonds. The van der Waals surface area contributed by atoms with E-state index in [1.807, 2.05) is 12.1 Å². The van der Waals surface area contributed by atoms with E-state index >= 15 is 0 Å². The summed E-state index contributed by atoms with van der Waals surface area (Å²) in [4.78, 5) is 4.64. The van der Waals surface area contributed by atoms with Gasteiger partial charge in [0.15, 0.2) is 0 Å². The summed E-state index contributed by atoms with van der Waals surface area (Å²) < 4.78 is 0. The van der Waals surface area contributed by atoms with E-state index in [0.29, 0.717) is 11.8 Å². The highest BCUT2D eigenvalue weighted by Gasteiger charge is 2.12. The standard InChI is InChI=1S/C22H31N3/c1-6-18-12-16(5)21(13-20(18)15(3)4)22(23)25-19-10-8-17(9-11-19)14-24-7-2/h8-13,15,24H,6-7,14H2,1-5H3,(H2,23,25). The molecule has 0 saturated heterocycles. The fraction of sp³-hybridized carbons (Fsp3) is 0.409. The Bertz CT molecular complexity index is 728. The summed E-state index contributed by atoms with van der Waals surface area (Å²) >= 11 is 0. The molecule has 0 aromatic heterocycles. The van der Waals surface area contributed by atoms with Crippen LogP contribution in [0.1, 0.15) is 61.4 Å². The zero-order valence-corrected chi connectivity index (χ0v) is 16.2. The molecule has 0 fully saturated rings. The SMILES string of the molecule is CCNCc1ccc(N=C(N)c2cc(C(C)C)c(CC)cc2C)cc1. The number of hydrogen-bond donors (Lipinski definition) is 2. The van der Waals surface area contributed by atoms with Crippen LogP contribution in [0.25, 0.3) is 0 Å². The quantitative estimate of drug-likeness (QED) is 0.562. The van der Waals surface area contributed by atoms with Crippen molar-refractivity contribution in [3.05, 3.63) is 64.2 Å². The van der Waals surface area contributed by atoms with Crippen LogP contribution < -0.4 is 11.1 Å². The van der Waals surface area contributed by atoms with E-state index in [1.54, 1.807) is 0 Å². The van der Waals surface area contributed by atoms with Crippen LogP contribution in [0.4, 0.5) is 5.69 Å². The van der Waals surface area contributed by atoms with Gasteiger partial charge in [0.1, 0.15) is 5.84 Å². The highest BCUT2D eigenvalue weighted by Crippen LogP contribution is 2.25. The first-order valence-electron chi connectivity index (χ1n) is 9.23. The molecule has 2 aromatic rings. The summed E-state index contributed by atoms with van der Waals surface area (Å²) in [6.07, 6.45) is 1.04. The summed E-state index contributed by atoms with van der Waals surface area (Å²) in [5.41, 5.74) is 13.5. The van der Waals surface area contributed by atoms with Crippen LogP contribution in [0.2, 0.25) is 0 Å². The lowest BCUT2D eigenvalue weighted by Crippen LogP contribution is -2.16. The highest BCUT2D eigenvalue weighted by molar-refractivity contribution is 6.00. The van der Waals surface area contributed by atoms with Crippen molar-refractivity contribution >= 4 is 11.5 Å². The Kier molecular flexibility index (Phi) is 6.77. The molecule has 2 rings (SSSR count). The predicted molar refractivity (Wildman–Crippen MR) is 109 cm³/mol. The molecule has 0 unspecified atom stereocenters. The Morgan fingerprint density at radius 1 is 1.12 bits per heavy atom. The molecular formula is C22H31N3. The normalized spacial score (nSPS) is 12.0. The minimum atomic E-state index is 0.479. The van der Waals surface area contributed by atoms with Crippen LogP contribution in [0, 0.1) is 6.92 Å². The maximum absolute atomic E-state index is 6.34. The molecule has 0 spiro atoms. The van der Waals surface area contributed by atoms with Gasteiger partial charge in [0.05, 0.1) is 5.69 Å². The summed E-state index contributed by atoms with van der Waals surface area (Å²) in [6, 6.07) is 12.7. The van der Waals surface area contributed by atoms with Crippen molar-refractivity contribution < 1.29 is 0 Å². The maximum atomic E-state index is 6.34. The van der Waals surface area contributed by atoms with Crippen LogP contribution in [-0.4, -0.2) is 12.4 Å². The topological polar surface area (TPSA) is 50.4 Å². The number of hydrogen-bond acceptors (Lipinski definition) is 2. The molecule has 0 aliphatic carbocycles. The Balaban J connectivity index is 2.31. The number of nitrogens with two attached hydrogens (primary N) is 1.